The molecule has 6 nitrogen and oxygen atoms in total. The first-order chi connectivity index (χ1) is 14.0. The first-order valence-electron chi connectivity index (χ1n) is 9.65. The van der Waals surface area contributed by atoms with Gasteiger partial charge in [0, 0.05) is 5.02 Å². The molecule has 0 fully saturated rings. The third kappa shape index (κ3) is 5.71. The molecule has 154 valence electrons. The number of ether oxygens (including phenoxy) is 1. The number of carbonyl (C=O) groups excluding carboxylic acids is 2. The van der Waals surface area contributed by atoms with Crippen LogP contribution in [-0.4, -0.2) is 44.0 Å². The fourth-order valence-electron chi connectivity index (χ4n) is 3.66. The Kier molecular flexibility index (Phi) is 7.12. The number of nitrogens with zero attached hydrogens (tertiary/aromatic N) is 1. The van der Waals surface area contributed by atoms with Gasteiger partial charge in [-0.15, -0.1) is 0 Å². The van der Waals surface area contributed by atoms with Gasteiger partial charge in [0.25, 0.3) is 0 Å². The van der Waals surface area contributed by atoms with E-state index in [1.165, 1.54) is 18.2 Å². The van der Waals surface area contributed by atoms with Crippen molar-refractivity contribution in [2.75, 3.05) is 32.6 Å². The van der Waals surface area contributed by atoms with Crippen LogP contribution in [0.2, 0.25) is 5.02 Å². The van der Waals surface area contributed by atoms with Crippen LogP contribution in [-0.2, 0) is 16.0 Å². The minimum Gasteiger partial charge on any atom is -0.495 e. The fourth-order valence-corrected chi connectivity index (χ4v) is 3.83. The number of anilines is 1. The Labute approximate surface area is 176 Å². The smallest absolute Gasteiger partial charge is 0.238 e. The van der Waals surface area contributed by atoms with Crippen molar-refractivity contribution in [1.82, 2.24) is 10.2 Å². The average molecular weight is 416 g/mol. The van der Waals surface area contributed by atoms with Gasteiger partial charge in [0.2, 0.25) is 11.8 Å². The van der Waals surface area contributed by atoms with E-state index in [0.29, 0.717) is 16.5 Å². The molecule has 3 rings (SSSR count). The molecule has 1 atom stereocenters. The molecule has 1 aliphatic carbocycles. The highest BCUT2D eigenvalue weighted by Crippen LogP contribution is 2.29. The number of aryl methyl sites for hydroxylation is 1. The normalized spacial score (nSPS) is 15.5. The van der Waals surface area contributed by atoms with Crippen LogP contribution in [0.5, 0.6) is 5.75 Å². The molecule has 2 amide bonds. The molecule has 1 unspecified atom stereocenters. The summed E-state index contributed by atoms with van der Waals surface area (Å²) in [7, 11) is 3.27. The van der Waals surface area contributed by atoms with E-state index in [2.05, 4.69) is 22.8 Å². The highest BCUT2D eigenvalue weighted by molar-refractivity contribution is 6.31. The lowest BCUT2D eigenvalue weighted by molar-refractivity contribution is -0.123. The van der Waals surface area contributed by atoms with E-state index in [4.69, 9.17) is 16.3 Å². The lowest BCUT2D eigenvalue weighted by Gasteiger charge is -2.27. The van der Waals surface area contributed by atoms with E-state index < -0.39 is 0 Å². The molecule has 0 spiro atoms. The molecule has 0 saturated heterocycles. The maximum absolute atomic E-state index is 12.5. The van der Waals surface area contributed by atoms with Gasteiger partial charge in [-0.2, -0.15) is 0 Å². The largest absolute Gasteiger partial charge is 0.495 e. The van der Waals surface area contributed by atoms with Gasteiger partial charge < -0.3 is 15.4 Å². The van der Waals surface area contributed by atoms with Gasteiger partial charge >= 0.3 is 0 Å². The zero-order chi connectivity index (χ0) is 20.8. The van der Waals surface area contributed by atoms with E-state index >= 15 is 0 Å². The molecule has 1 aliphatic rings. The maximum Gasteiger partial charge on any atom is 0.238 e. The number of likely N-dealkylation sites (N-methyl/N-ethyl adjacent to an activating group) is 1. The maximum atomic E-state index is 12.5. The number of methoxy groups -OCH3 is 1. The standard InChI is InChI=1S/C22H26ClN3O3/c1-26(14-22(28)25-19-12-16(23)10-11-20(19)29-2)13-21(27)24-18-9-5-7-15-6-3-4-8-17(15)18/h3-4,6,8,10-12,18H,5,7,9,13-14H2,1-2H3,(H,24,27)(H,25,28). The third-order valence-electron chi connectivity index (χ3n) is 4.97. The zero-order valence-corrected chi connectivity index (χ0v) is 17.5. The summed E-state index contributed by atoms with van der Waals surface area (Å²) in [4.78, 5) is 26.5. The van der Waals surface area contributed by atoms with Crippen LogP contribution in [0.15, 0.2) is 42.5 Å². The van der Waals surface area contributed by atoms with E-state index in [0.717, 1.165) is 19.3 Å². The van der Waals surface area contributed by atoms with E-state index in [9.17, 15) is 9.59 Å². The topological polar surface area (TPSA) is 70.7 Å². The second-order valence-corrected chi connectivity index (χ2v) is 7.71. The highest BCUT2D eigenvalue weighted by Gasteiger charge is 2.22. The number of hydrogen-bond acceptors (Lipinski definition) is 4. The number of fused-ring (bicyclic) bond motifs is 1. The van der Waals surface area contributed by atoms with E-state index in [1.807, 2.05) is 12.1 Å². The molecular weight excluding hydrogens is 390 g/mol. The van der Waals surface area contributed by atoms with Gasteiger partial charge in [-0.25, -0.2) is 0 Å². The van der Waals surface area contributed by atoms with Crippen LogP contribution < -0.4 is 15.4 Å². The SMILES string of the molecule is COc1ccc(Cl)cc1NC(=O)CN(C)CC(=O)NC1CCCc2ccccc21. The average Bonchev–Trinajstić information content (AvgIpc) is 2.68. The van der Waals surface area contributed by atoms with Crippen LogP contribution in [0, 0.1) is 0 Å². The number of benzene rings is 2. The summed E-state index contributed by atoms with van der Waals surface area (Å²) in [5.74, 6) is 0.185. The van der Waals surface area contributed by atoms with Crippen molar-refractivity contribution in [2.24, 2.45) is 0 Å². The molecular formula is C22H26ClN3O3. The molecule has 0 saturated carbocycles. The lowest BCUT2D eigenvalue weighted by atomic mass is 9.88. The van der Waals surface area contributed by atoms with Crippen molar-refractivity contribution in [1.29, 1.82) is 0 Å². The van der Waals surface area contributed by atoms with Gasteiger partial charge in [0.1, 0.15) is 5.75 Å². The predicted octanol–water partition coefficient (Wildman–Crippen LogP) is 3.41. The van der Waals surface area contributed by atoms with Gasteiger partial charge in [0.15, 0.2) is 0 Å². The zero-order valence-electron chi connectivity index (χ0n) is 16.7. The molecule has 0 aliphatic heterocycles. The Balaban J connectivity index is 1.52. The van der Waals surface area contributed by atoms with Crippen molar-refractivity contribution >= 4 is 29.1 Å². The molecule has 0 radical (unpaired) electrons. The number of amides is 2. The molecule has 2 aromatic rings. The van der Waals surface area contributed by atoms with E-state index in [1.54, 1.807) is 30.1 Å². The first-order valence-corrected chi connectivity index (χ1v) is 10.0. The predicted molar refractivity (Wildman–Crippen MR) is 114 cm³/mol. The summed E-state index contributed by atoms with van der Waals surface area (Å²) in [5.41, 5.74) is 2.99. The molecule has 2 N–H and O–H groups in total. The summed E-state index contributed by atoms with van der Waals surface area (Å²) in [6, 6.07) is 13.3. The van der Waals surface area contributed by atoms with Gasteiger partial charge in [0.05, 0.1) is 31.9 Å². The number of hydrogen-bond donors (Lipinski definition) is 2. The Bertz CT molecular complexity index is 887. The summed E-state index contributed by atoms with van der Waals surface area (Å²) in [6.07, 6.45) is 3.04. The highest BCUT2D eigenvalue weighted by atomic mass is 35.5. The first kappa shape index (κ1) is 21.1. The Morgan fingerprint density at radius 3 is 2.72 bits per heavy atom. The Morgan fingerprint density at radius 1 is 1.17 bits per heavy atom. The molecule has 0 aromatic heterocycles. The van der Waals surface area contributed by atoms with Crippen molar-refractivity contribution in [3.05, 3.63) is 58.6 Å². The number of carbonyl (C=O) groups is 2. The van der Waals surface area contributed by atoms with Crippen LogP contribution in [0.4, 0.5) is 5.69 Å². The molecule has 0 bridgehead atoms. The monoisotopic (exact) mass is 415 g/mol. The molecule has 2 aromatic carbocycles. The quantitative estimate of drug-likeness (QED) is 0.727. The van der Waals surface area contributed by atoms with Gasteiger partial charge in [-0.1, -0.05) is 35.9 Å². The van der Waals surface area contributed by atoms with E-state index in [-0.39, 0.29) is 30.9 Å². The van der Waals surface area contributed by atoms with Gasteiger partial charge in [-0.05, 0) is 55.6 Å². The summed E-state index contributed by atoms with van der Waals surface area (Å²) in [6.45, 7) is 0.211. The van der Waals surface area contributed by atoms with Gasteiger partial charge in [-0.3, -0.25) is 14.5 Å². The lowest BCUT2D eigenvalue weighted by Crippen LogP contribution is -2.40. The van der Waals surface area contributed by atoms with Crippen LogP contribution in [0.3, 0.4) is 0 Å². The van der Waals surface area contributed by atoms with Crippen LogP contribution >= 0.6 is 11.6 Å². The summed E-state index contributed by atoms with van der Waals surface area (Å²) >= 11 is 5.99. The third-order valence-corrected chi connectivity index (χ3v) is 5.20. The summed E-state index contributed by atoms with van der Waals surface area (Å²) in [5, 5.41) is 6.39. The molecule has 0 heterocycles. The van der Waals surface area contributed by atoms with Crippen molar-refractivity contribution in [3.8, 4) is 5.75 Å². The number of halogens is 1. The minimum atomic E-state index is -0.246. The summed E-state index contributed by atoms with van der Waals surface area (Å²) < 4.78 is 5.23. The Morgan fingerprint density at radius 2 is 1.93 bits per heavy atom. The van der Waals surface area contributed by atoms with Crippen LogP contribution in [0.25, 0.3) is 0 Å². The van der Waals surface area contributed by atoms with Crippen molar-refractivity contribution < 1.29 is 14.3 Å². The van der Waals surface area contributed by atoms with Crippen molar-refractivity contribution in [2.45, 2.75) is 25.3 Å². The second kappa shape index (κ2) is 9.76. The van der Waals surface area contributed by atoms with Crippen LogP contribution in [0.1, 0.15) is 30.0 Å². The second-order valence-electron chi connectivity index (χ2n) is 7.28. The number of rotatable bonds is 7. The molecule has 29 heavy (non-hydrogen) atoms. The number of nitrogens with one attached hydrogen (secondary N) is 2. The molecule has 7 heteroatoms. The minimum absolute atomic E-state index is 0.0328. The Hall–Kier alpha value is -2.57. The fraction of sp³-hybridized carbons (Fsp3) is 0.364. The van der Waals surface area contributed by atoms with Crippen molar-refractivity contribution in [3.63, 3.8) is 0 Å².